The zero-order chi connectivity index (χ0) is 36.6. The molecule has 0 fully saturated rings. The first kappa shape index (κ1) is 36.0. The predicted molar refractivity (Wildman–Crippen MR) is 202 cm³/mol. The zero-order valence-electron chi connectivity index (χ0n) is 29.9. The van der Waals surface area contributed by atoms with Gasteiger partial charge in [0, 0.05) is 28.2 Å². The SMILES string of the molecule is CCCCCCCCCC(c1ccc(Oc2ccccc2C2=C(C)C(=O)NC2=O)cc1)c1ccc(Oc2ccccc2C2=C(C)C(=O)NC2=O)cc1. The van der Waals surface area contributed by atoms with E-state index in [0.29, 0.717) is 56.4 Å². The summed E-state index contributed by atoms with van der Waals surface area (Å²) in [6.07, 6.45) is 9.54. The molecule has 2 N–H and O–H groups in total. The molecular weight excluding hydrogens is 652 g/mol. The Kier molecular flexibility index (Phi) is 11.4. The number of hydrogen-bond donors (Lipinski definition) is 2. The molecule has 8 heteroatoms. The highest BCUT2D eigenvalue weighted by atomic mass is 16.5. The van der Waals surface area contributed by atoms with Crippen molar-refractivity contribution in [1.29, 1.82) is 0 Å². The third kappa shape index (κ3) is 8.07. The normalized spacial score (nSPS) is 14.4. The van der Waals surface area contributed by atoms with Gasteiger partial charge in [-0.1, -0.05) is 113 Å². The van der Waals surface area contributed by atoms with E-state index in [9.17, 15) is 19.2 Å². The molecule has 0 saturated carbocycles. The van der Waals surface area contributed by atoms with E-state index >= 15 is 0 Å². The zero-order valence-corrected chi connectivity index (χ0v) is 29.9. The molecule has 2 aliphatic heterocycles. The molecule has 0 radical (unpaired) electrons. The fraction of sp³-hybridized carbons (Fsp3) is 0.273. The number of para-hydroxylation sites is 2. The van der Waals surface area contributed by atoms with Crippen molar-refractivity contribution in [2.45, 2.75) is 78.1 Å². The summed E-state index contributed by atoms with van der Waals surface area (Å²) in [5, 5.41) is 4.73. The summed E-state index contributed by atoms with van der Waals surface area (Å²) in [5.74, 6) is 0.758. The number of benzene rings is 4. The summed E-state index contributed by atoms with van der Waals surface area (Å²) in [7, 11) is 0. The van der Waals surface area contributed by atoms with Crippen molar-refractivity contribution in [2.24, 2.45) is 0 Å². The Morgan fingerprint density at radius 1 is 0.500 bits per heavy atom. The molecule has 8 nitrogen and oxygen atoms in total. The van der Waals surface area contributed by atoms with Crippen molar-refractivity contribution < 1.29 is 28.7 Å². The lowest BCUT2D eigenvalue weighted by Gasteiger charge is -2.20. The van der Waals surface area contributed by atoms with Crippen LogP contribution in [0.15, 0.2) is 108 Å². The van der Waals surface area contributed by atoms with E-state index in [-0.39, 0.29) is 17.7 Å². The van der Waals surface area contributed by atoms with Gasteiger partial charge in [0.05, 0.1) is 11.1 Å². The molecule has 0 atom stereocenters. The van der Waals surface area contributed by atoms with Crippen LogP contribution in [0.3, 0.4) is 0 Å². The summed E-state index contributed by atoms with van der Waals surface area (Å²) in [6, 6.07) is 30.6. The second-order valence-electron chi connectivity index (χ2n) is 13.4. The number of nitrogens with one attached hydrogen (secondary N) is 2. The van der Waals surface area contributed by atoms with Crippen molar-refractivity contribution in [3.8, 4) is 23.0 Å². The number of hydrogen-bond acceptors (Lipinski definition) is 6. The molecule has 2 heterocycles. The molecule has 0 spiro atoms. The van der Waals surface area contributed by atoms with Crippen LogP contribution in [0, 0.1) is 0 Å². The minimum atomic E-state index is -0.423. The summed E-state index contributed by atoms with van der Waals surface area (Å²) >= 11 is 0. The molecule has 0 aliphatic carbocycles. The second-order valence-corrected chi connectivity index (χ2v) is 13.4. The molecule has 6 rings (SSSR count). The second kappa shape index (κ2) is 16.5. The summed E-state index contributed by atoms with van der Waals surface area (Å²) in [6.45, 7) is 5.52. The highest BCUT2D eigenvalue weighted by molar-refractivity contribution is 6.36. The average Bonchev–Trinajstić information content (AvgIpc) is 3.56. The van der Waals surface area contributed by atoms with Gasteiger partial charge in [0.2, 0.25) is 0 Å². The maximum atomic E-state index is 12.6. The number of unbranched alkanes of at least 4 members (excludes halogenated alkanes) is 6. The topological polar surface area (TPSA) is 111 Å². The maximum absolute atomic E-state index is 12.6. The largest absolute Gasteiger partial charge is 0.457 e. The number of imide groups is 2. The molecule has 0 saturated heterocycles. The number of carbonyl (C=O) groups excluding carboxylic acids is 4. The van der Waals surface area contributed by atoms with Crippen LogP contribution in [0.5, 0.6) is 23.0 Å². The molecule has 4 amide bonds. The Morgan fingerprint density at radius 3 is 1.31 bits per heavy atom. The van der Waals surface area contributed by atoms with E-state index in [2.05, 4.69) is 41.8 Å². The van der Waals surface area contributed by atoms with E-state index in [1.807, 2.05) is 48.5 Å². The highest BCUT2D eigenvalue weighted by Crippen LogP contribution is 2.38. The summed E-state index contributed by atoms with van der Waals surface area (Å²) in [5.41, 5.74) is 4.85. The quantitative estimate of drug-likeness (QED) is 0.0892. The highest BCUT2D eigenvalue weighted by Gasteiger charge is 2.31. The molecule has 0 unspecified atom stereocenters. The number of amides is 4. The summed E-state index contributed by atoms with van der Waals surface area (Å²) in [4.78, 5) is 49.4. The van der Waals surface area contributed by atoms with Gasteiger partial charge in [-0.15, -0.1) is 0 Å². The van der Waals surface area contributed by atoms with Crippen molar-refractivity contribution in [2.75, 3.05) is 0 Å². The first-order valence-corrected chi connectivity index (χ1v) is 18.1. The fourth-order valence-corrected chi connectivity index (χ4v) is 6.88. The molecule has 0 aromatic heterocycles. The molecule has 266 valence electrons. The van der Waals surface area contributed by atoms with Crippen molar-refractivity contribution in [3.05, 3.63) is 130 Å². The summed E-state index contributed by atoms with van der Waals surface area (Å²) < 4.78 is 12.6. The van der Waals surface area contributed by atoms with Crippen LogP contribution in [0.1, 0.15) is 100 Å². The van der Waals surface area contributed by atoms with Crippen molar-refractivity contribution in [3.63, 3.8) is 0 Å². The van der Waals surface area contributed by atoms with Crippen LogP contribution in [0.2, 0.25) is 0 Å². The first-order chi connectivity index (χ1) is 25.2. The Labute approximate surface area is 304 Å². The van der Waals surface area contributed by atoms with Crippen LogP contribution < -0.4 is 20.1 Å². The van der Waals surface area contributed by atoms with E-state index in [0.717, 1.165) is 24.0 Å². The Morgan fingerprint density at radius 2 is 0.904 bits per heavy atom. The van der Waals surface area contributed by atoms with Gasteiger partial charge in [-0.2, -0.15) is 0 Å². The van der Waals surface area contributed by atoms with Crippen molar-refractivity contribution >= 4 is 34.8 Å². The van der Waals surface area contributed by atoms with Crippen LogP contribution in [0.4, 0.5) is 0 Å². The smallest absolute Gasteiger partial charge is 0.259 e. The standard InChI is InChI=1S/C44H44N2O6/c1-4-5-6-7-8-9-10-15-34(30-20-24-32(25-21-30)51-37-18-13-11-16-35(37)39-28(2)41(47)45-43(39)49)31-22-26-33(27-23-31)52-38-19-14-12-17-36(38)40-29(3)42(48)46-44(40)50/h11-14,16-27,34H,4-10,15H2,1-3H3,(H,45,47,49)(H,46,48,50). The lowest BCUT2D eigenvalue weighted by atomic mass is 9.86. The first-order valence-electron chi connectivity index (χ1n) is 18.1. The van der Waals surface area contributed by atoms with Gasteiger partial charge < -0.3 is 9.47 Å². The van der Waals surface area contributed by atoms with E-state index in [1.54, 1.807) is 38.1 Å². The van der Waals surface area contributed by atoms with Gasteiger partial charge >= 0.3 is 0 Å². The third-order valence-corrected chi connectivity index (χ3v) is 9.77. The van der Waals surface area contributed by atoms with Gasteiger partial charge in [0.15, 0.2) is 0 Å². The van der Waals surface area contributed by atoms with Gasteiger partial charge in [0.25, 0.3) is 23.6 Å². The van der Waals surface area contributed by atoms with Crippen LogP contribution in [-0.2, 0) is 19.2 Å². The average molecular weight is 697 g/mol. The Balaban J connectivity index is 1.21. The van der Waals surface area contributed by atoms with Gasteiger partial charge in [-0.25, -0.2) is 0 Å². The predicted octanol–water partition coefficient (Wildman–Crippen LogP) is 9.40. The van der Waals surface area contributed by atoms with Crippen LogP contribution >= 0.6 is 0 Å². The number of carbonyl (C=O) groups is 4. The molecule has 2 aliphatic rings. The molecular formula is C44H44N2O6. The van der Waals surface area contributed by atoms with Crippen LogP contribution in [0.25, 0.3) is 11.1 Å². The molecule has 4 aromatic rings. The number of ether oxygens (including phenoxy) is 2. The monoisotopic (exact) mass is 696 g/mol. The molecule has 52 heavy (non-hydrogen) atoms. The van der Waals surface area contributed by atoms with Crippen LogP contribution in [-0.4, -0.2) is 23.6 Å². The van der Waals surface area contributed by atoms with Gasteiger partial charge in [-0.05, 0) is 67.8 Å². The number of rotatable bonds is 16. The van der Waals surface area contributed by atoms with E-state index in [1.165, 1.54) is 38.5 Å². The lowest BCUT2D eigenvalue weighted by Crippen LogP contribution is -2.22. The van der Waals surface area contributed by atoms with Crippen molar-refractivity contribution in [1.82, 2.24) is 10.6 Å². The lowest BCUT2D eigenvalue weighted by molar-refractivity contribution is -0.125. The molecule has 4 aromatic carbocycles. The van der Waals surface area contributed by atoms with Gasteiger partial charge in [0.1, 0.15) is 23.0 Å². The van der Waals surface area contributed by atoms with E-state index in [4.69, 9.17) is 9.47 Å². The maximum Gasteiger partial charge on any atom is 0.259 e. The molecule has 0 bridgehead atoms. The van der Waals surface area contributed by atoms with Gasteiger partial charge in [-0.3, -0.25) is 29.8 Å². The third-order valence-electron chi connectivity index (χ3n) is 9.77. The van der Waals surface area contributed by atoms with E-state index < -0.39 is 11.8 Å². The fourth-order valence-electron chi connectivity index (χ4n) is 6.88. The minimum absolute atomic E-state index is 0.139. The Hall–Kier alpha value is -5.76. The Bertz CT molecular complexity index is 1900. The minimum Gasteiger partial charge on any atom is -0.457 e.